The van der Waals surface area contributed by atoms with Gasteiger partial charge in [0.2, 0.25) is 0 Å². The van der Waals surface area contributed by atoms with E-state index in [1.807, 2.05) is 78.9 Å². The number of aliphatic carboxylic acids is 1. The van der Waals surface area contributed by atoms with Gasteiger partial charge < -0.3 is 24.8 Å². The van der Waals surface area contributed by atoms with Crippen molar-refractivity contribution >= 4 is 35.3 Å². The molecule has 5 rings (SSSR count). The highest BCUT2D eigenvalue weighted by Crippen LogP contribution is 2.41. The Morgan fingerprint density at radius 1 is 0.913 bits per heavy atom. The van der Waals surface area contributed by atoms with E-state index in [0.717, 1.165) is 27.8 Å². The van der Waals surface area contributed by atoms with E-state index in [0.29, 0.717) is 29.2 Å². The number of anilines is 1. The van der Waals surface area contributed by atoms with Crippen molar-refractivity contribution in [3.8, 4) is 11.1 Å². The summed E-state index contributed by atoms with van der Waals surface area (Å²) in [6.07, 6.45) is -2.49. The highest BCUT2D eigenvalue weighted by Gasteiger charge is 2.38. The quantitative estimate of drug-likeness (QED) is 0.196. The van der Waals surface area contributed by atoms with Gasteiger partial charge in [-0.05, 0) is 73.2 Å². The van der Waals surface area contributed by atoms with Crippen LogP contribution >= 0.6 is 11.6 Å². The normalized spacial score (nSPS) is 16.3. The van der Waals surface area contributed by atoms with Crippen molar-refractivity contribution in [3.63, 3.8) is 0 Å². The second kappa shape index (κ2) is 14.2. The Morgan fingerprint density at radius 3 is 2.33 bits per heavy atom. The van der Waals surface area contributed by atoms with Crippen molar-refractivity contribution in [2.24, 2.45) is 0 Å². The lowest BCUT2D eigenvalue weighted by Gasteiger charge is -2.25. The summed E-state index contributed by atoms with van der Waals surface area (Å²) < 4.78 is 11.7. The number of hydrogen-bond donors (Lipinski definition) is 2. The van der Waals surface area contributed by atoms with Gasteiger partial charge in [-0.2, -0.15) is 0 Å². The highest BCUT2D eigenvalue weighted by molar-refractivity contribution is 6.30. The fourth-order valence-electron chi connectivity index (χ4n) is 5.44. The Bertz CT molecular complexity index is 1700. The van der Waals surface area contributed by atoms with Crippen molar-refractivity contribution in [2.45, 2.75) is 58.0 Å². The van der Waals surface area contributed by atoms with E-state index in [9.17, 15) is 19.5 Å². The Hall–Kier alpha value is -4.66. The van der Waals surface area contributed by atoms with Crippen LogP contribution in [0, 0.1) is 0 Å². The zero-order valence-electron chi connectivity index (χ0n) is 26.0. The molecule has 1 aliphatic heterocycles. The molecular formula is C37H37ClN2O6. The van der Waals surface area contributed by atoms with E-state index in [1.165, 1.54) is 0 Å². The molecule has 1 heterocycles. The number of alkyl carbamates (subject to hydrolysis) is 1. The number of nitrogens with zero attached hydrogens (tertiary/aromatic N) is 1. The van der Waals surface area contributed by atoms with Crippen molar-refractivity contribution in [1.29, 1.82) is 0 Å². The summed E-state index contributed by atoms with van der Waals surface area (Å²) in [5.41, 5.74) is 5.31. The molecule has 0 spiro atoms. The number of carboxylic acids is 1. The third kappa shape index (κ3) is 8.33. The number of hydrogen-bond acceptors (Lipinski definition) is 5. The van der Waals surface area contributed by atoms with Gasteiger partial charge in [-0.15, -0.1) is 0 Å². The first-order valence-electron chi connectivity index (χ1n) is 15.1. The maximum atomic E-state index is 14.0. The molecule has 238 valence electrons. The second-order valence-electron chi connectivity index (χ2n) is 12.2. The van der Waals surface area contributed by atoms with Crippen LogP contribution in [0.3, 0.4) is 0 Å². The summed E-state index contributed by atoms with van der Waals surface area (Å²) >= 11 is 6.49. The molecule has 2 unspecified atom stereocenters. The van der Waals surface area contributed by atoms with Crippen LogP contribution in [0.5, 0.6) is 0 Å². The Kier molecular flexibility index (Phi) is 10.1. The summed E-state index contributed by atoms with van der Waals surface area (Å²) in [7, 11) is 0. The largest absolute Gasteiger partial charge is 0.481 e. The van der Waals surface area contributed by atoms with Crippen molar-refractivity contribution < 1.29 is 29.0 Å². The molecule has 2 amide bonds. The van der Waals surface area contributed by atoms with Crippen molar-refractivity contribution in [1.82, 2.24) is 5.32 Å². The Morgan fingerprint density at radius 2 is 1.63 bits per heavy atom. The minimum Gasteiger partial charge on any atom is -0.481 e. The first-order valence-corrected chi connectivity index (χ1v) is 15.5. The summed E-state index contributed by atoms with van der Waals surface area (Å²) in [4.78, 5) is 39.7. The molecule has 0 aliphatic carbocycles. The van der Waals surface area contributed by atoms with Gasteiger partial charge in [-0.25, -0.2) is 4.79 Å². The lowest BCUT2D eigenvalue weighted by molar-refractivity contribution is -0.147. The molecule has 2 atom stereocenters. The van der Waals surface area contributed by atoms with Crippen LogP contribution in [0.2, 0.25) is 5.02 Å². The standard InChI is InChI=1S/C37H37ClN2O6/c1-37(2,3)46-36(44)39-19-18-24-8-7-11-28(20-24)34-30-21-29(38)16-17-31(30)40(35(43)32(45-34)22-33(41)42)23-25-12-14-27(15-13-25)26-9-5-4-6-10-26/h4-17,20-21,32,34H,18-19,22-23H2,1-3H3,(H,39,44)(H,41,42). The van der Waals surface area contributed by atoms with Crippen LogP contribution in [0.25, 0.3) is 11.1 Å². The van der Waals surface area contributed by atoms with Gasteiger partial charge in [0.05, 0.1) is 18.7 Å². The van der Waals surface area contributed by atoms with E-state index in [1.54, 1.807) is 43.9 Å². The molecule has 0 saturated heterocycles. The SMILES string of the molecule is CC(C)(C)OC(=O)NCCc1cccc(C2OC(CC(=O)O)C(=O)N(Cc3ccc(-c4ccccc4)cc3)c3ccc(Cl)cc32)c1. The highest BCUT2D eigenvalue weighted by atomic mass is 35.5. The van der Waals surface area contributed by atoms with Gasteiger partial charge in [-0.1, -0.05) is 90.5 Å². The third-order valence-electron chi connectivity index (χ3n) is 7.50. The first kappa shape index (κ1) is 32.7. The number of benzene rings is 4. The number of nitrogens with one attached hydrogen (secondary N) is 1. The molecule has 0 fully saturated rings. The molecule has 46 heavy (non-hydrogen) atoms. The smallest absolute Gasteiger partial charge is 0.407 e. The van der Waals surface area contributed by atoms with Gasteiger partial charge in [0.15, 0.2) is 0 Å². The molecular weight excluding hydrogens is 604 g/mol. The fourth-order valence-corrected chi connectivity index (χ4v) is 5.62. The van der Waals surface area contributed by atoms with Crippen molar-refractivity contribution in [3.05, 3.63) is 124 Å². The lowest BCUT2D eigenvalue weighted by Crippen LogP contribution is -2.40. The number of carbonyl (C=O) groups is 3. The molecule has 4 aromatic rings. The summed E-state index contributed by atoms with van der Waals surface area (Å²) in [6.45, 7) is 5.97. The van der Waals surface area contributed by atoms with Gasteiger partial charge >= 0.3 is 12.1 Å². The molecule has 0 aromatic heterocycles. The number of carboxylic acid groups (broad SMARTS) is 1. The Balaban J connectivity index is 1.45. The average Bonchev–Trinajstić information content (AvgIpc) is 3.11. The van der Waals surface area contributed by atoms with E-state index in [-0.39, 0.29) is 6.54 Å². The van der Waals surface area contributed by atoms with Crippen molar-refractivity contribution in [2.75, 3.05) is 11.4 Å². The maximum Gasteiger partial charge on any atom is 0.407 e. The summed E-state index contributed by atoms with van der Waals surface area (Å²) in [5.74, 6) is -1.59. The van der Waals surface area contributed by atoms with Gasteiger partial charge in [-0.3, -0.25) is 9.59 Å². The number of rotatable bonds is 9. The van der Waals surface area contributed by atoms with Crippen LogP contribution in [0.15, 0.2) is 97.1 Å². The fraction of sp³-hybridized carbons (Fsp3) is 0.270. The molecule has 4 aromatic carbocycles. The maximum absolute atomic E-state index is 14.0. The second-order valence-corrected chi connectivity index (χ2v) is 12.7. The minimum atomic E-state index is -1.24. The first-order chi connectivity index (χ1) is 22.0. The van der Waals surface area contributed by atoms with E-state index < -0.39 is 42.2 Å². The topological polar surface area (TPSA) is 105 Å². The minimum absolute atomic E-state index is 0.213. The zero-order chi connectivity index (χ0) is 32.8. The van der Waals surface area contributed by atoms with E-state index in [2.05, 4.69) is 5.32 Å². The molecule has 2 N–H and O–H groups in total. The predicted octanol–water partition coefficient (Wildman–Crippen LogP) is 7.57. The molecule has 0 saturated carbocycles. The number of ether oxygens (including phenoxy) is 2. The molecule has 0 bridgehead atoms. The number of amides is 2. The third-order valence-corrected chi connectivity index (χ3v) is 7.74. The molecule has 8 nitrogen and oxygen atoms in total. The van der Waals surface area contributed by atoms with E-state index >= 15 is 0 Å². The molecule has 9 heteroatoms. The van der Waals surface area contributed by atoms with Gasteiger partial charge in [0.1, 0.15) is 17.8 Å². The lowest BCUT2D eigenvalue weighted by atomic mass is 9.97. The summed E-state index contributed by atoms with van der Waals surface area (Å²) in [6, 6.07) is 30.8. The van der Waals surface area contributed by atoms with Gasteiger partial charge in [0, 0.05) is 17.1 Å². The summed E-state index contributed by atoms with van der Waals surface area (Å²) in [5, 5.41) is 13.0. The Labute approximate surface area is 273 Å². The average molecular weight is 641 g/mol. The zero-order valence-corrected chi connectivity index (χ0v) is 26.8. The van der Waals surface area contributed by atoms with Crippen LogP contribution < -0.4 is 10.2 Å². The number of fused-ring (bicyclic) bond motifs is 1. The molecule has 1 aliphatic rings. The van der Waals surface area contributed by atoms with Crippen LogP contribution in [-0.2, 0) is 32.0 Å². The predicted molar refractivity (Wildman–Crippen MR) is 178 cm³/mol. The van der Waals surface area contributed by atoms with Crippen LogP contribution in [-0.4, -0.2) is 41.3 Å². The monoisotopic (exact) mass is 640 g/mol. The van der Waals surface area contributed by atoms with Crippen LogP contribution in [0.4, 0.5) is 10.5 Å². The number of carbonyl (C=O) groups excluding carboxylic acids is 2. The van der Waals surface area contributed by atoms with Crippen LogP contribution in [0.1, 0.15) is 55.5 Å². The molecule has 0 radical (unpaired) electrons. The van der Waals surface area contributed by atoms with E-state index in [4.69, 9.17) is 21.1 Å². The van der Waals surface area contributed by atoms with Gasteiger partial charge in [0.25, 0.3) is 5.91 Å². The number of halogens is 1.